The molecule has 1 aliphatic carbocycles. The zero-order chi connectivity index (χ0) is 17.5. The van der Waals surface area contributed by atoms with Crippen molar-refractivity contribution in [2.75, 3.05) is 12.4 Å². The van der Waals surface area contributed by atoms with E-state index >= 15 is 0 Å². The van der Waals surface area contributed by atoms with Crippen LogP contribution in [0.3, 0.4) is 0 Å². The quantitative estimate of drug-likeness (QED) is 0.783. The van der Waals surface area contributed by atoms with Crippen molar-refractivity contribution in [1.29, 1.82) is 0 Å². The molecule has 0 radical (unpaired) electrons. The Morgan fingerprint density at radius 2 is 1.96 bits per heavy atom. The Kier molecular flexibility index (Phi) is 6.30. The number of nitrogens with one attached hydrogen (secondary N) is 1. The second-order valence-electron chi connectivity index (χ2n) is 6.00. The molecule has 0 aromatic carbocycles. The molecule has 1 fully saturated rings. The predicted octanol–water partition coefficient (Wildman–Crippen LogP) is 4.64. The van der Waals surface area contributed by atoms with Crippen LogP contribution in [0.5, 0.6) is 0 Å². The average Bonchev–Trinajstić information content (AvgIpc) is 3.29. The molecule has 1 saturated carbocycles. The minimum atomic E-state index is 0.390. The van der Waals surface area contributed by atoms with Gasteiger partial charge in [0.2, 0.25) is 0 Å². The first-order chi connectivity index (χ1) is 12.3. The summed E-state index contributed by atoms with van der Waals surface area (Å²) in [6.45, 7) is 2.49. The first-order valence-electron chi connectivity index (χ1n) is 8.70. The van der Waals surface area contributed by atoms with E-state index in [1.165, 1.54) is 25.7 Å². The second-order valence-corrected chi connectivity index (χ2v) is 7.03. The van der Waals surface area contributed by atoms with Gasteiger partial charge in [-0.25, -0.2) is 15.0 Å². The van der Waals surface area contributed by atoms with Crippen molar-refractivity contribution in [2.24, 2.45) is 0 Å². The van der Waals surface area contributed by atoms with Crippen LogP contribution in [0.4, 0.5) is 5.13 Å². The van der Waals surface area contributed by atoms with Gasteiger partial charge < -0.3 is 10.1 Å². The molecular weight excluding hydrogens is 332 g/mol. The lowest BCUT2D eigenvalue weighted by Gasteiger charge is -2.09. The van der Waals surface area contributed by atoms with Crippen molar-refractivity contribution in [2.45, 2.75) is 45.3 Å². The van der Waals surface area contributed by atoms with Crippen LogP contribution >= 0.6 is 11.3 Å². The molecule has 2 heterocycles. The Bertz CT molecular complexity index is 730. The van der Waals surface area contributed by atoms with Gasteiger partial charge in [0, 0.05) is 25.0 Å². The highest BCUT2D eigenvalue weighted by molar-refractivity contribution is 7.16. The molecule has 0 saturated heterocycles. The number of hydrogen-bond acceptors (Lipinski definition) is 6. The number of nitrogens with zero attached hydrogens (tertiary/aromatic N) is 3. The Morgan fingerprint density at radius 3 is 2.64 bits per heavy atom. The molecule has 0 aliphatic heterocycles. The third-order valence-corrected chi connectivity index (χ3v) is 5.18. The van der Waals surface area contributed by atoms with E-state index in [9.17, 15) is 0 Å². The van der Waals surface area contributed by atoms with E-state index in [4.69, 9.17) is 4.74 Å². The standard InChI is InChI=1S/C19H24N4OS/c1-3-6-16-17(25-19(20-2)23-16)10-9-14-11-21-18(22-12-14)13-24-15-7-4-5-8-15/h3,6,9-12,15H,4-5,7-8,13H2,1-2H3,(H,20,23)/b6-3-,10-9+. The number of allylic oxidation sites excluding steroid dienone is 1. The van der Waals surface area contributed by atoms with Gasteiger partial charge in [0.15, 0.2) is 11.0 Å². The molecule has 1 aliphatic rings. The van der Waals surface area contributed by atoms with Gasteiger partial charge in [0.25, 0.3) is 0 Å². The van der Waals surface area contributed by atoms with Crippen LogP contribution in [-0.2, 0) is 11.3 Å². The highest BCUT2D eigenvalue weighted by Gasteiger charge is 2.15. The first-order valence-corrected chi connectivity index (χ1v) is 9.52. The summed E-state index contributed by atoms with van der Waals surface area (Å²) in [6.07, 6.45) is 17.0. The van der Waals surface area contributed by atoms with Gasteiger partial charge in [0.1, 0.15) is 6.61 Å². The smallest absolute Gasteiger partial charge is 0.183 e. The van der Waals surface area contributed by atoms with Crippen LogP contribution in [0.1, 0.15) is 54.6 Å². The van der Waals surface area contributed by atoms with Gasteiger partial charge in [-0.3, -0.25) is 0 Å². The number of ether oxygens (including phenoxy) is 1. The summed E-state index contributed by atoms with van der Waals surface area (Å²) in [5.41, 5.74) is 1.94. The predicted molar refractivity (Wildman–Crippen MR) is 104 cm³/mol. The maximum Gasteiger partial charge on any atom is 0.183 e. The maximum absolute atomic E-state index is 5.85. The largest absolute Gasteiger partial charge is 0.370 e. The molecule has 0 bridgehead atoms. The Labute approximate surface area is 152 Å². The van der Waals surface area contributed by atoms with Crippen molar-refractivity contribution in [3.63, 3.8) is 0 Å². The number of anilines is 1. The van der Waals surface area contributed by atoms with Crippen molar-refractivity contribution in [3.8, 4) is 0 Å². The van der Waals surface area contributed by atoms with E-state index in [0.29, 0.717) is 12.7 Å². The lowest BCUT2D eigenvalue weighted by Crippen LogP contribution is -2.09. The minimum Gasteiger partial charge on any atom is -0.370 e. The molecule has 5 nitrogen and oxygen atoms in total. The van der Waals surface area contributed by atoms with Crippen molar-refractivity contribution in [3.05, 3.63) is 40.4 Å². The fraction of sp³-hybridized carbons (Fsp3) is 0.421. The van der Waals surface area contributed by atoms with E-state index in [1.54, 1.807) is 11.3 Å². The van der Waals surface area contributed by atoms with E-state index in [-0.39, 0.29) is 0 Å². The molecule has 0 atom stereocenters. The molecule has 0 spiro atoms. The first kappa shape index (κ1) is 17.8. The number of hydrogen-bond donors (Lipinski definition) is 1. The zero-order valence-corrected chi connectivity index (χ0v) is 15.6. The molecule has 132 valence electrons. The van der Waals surface area contributed by atoms with Crippen LogP contribution < -0.4 is 5.32 Å². The molecule has 6 heteroatoms. The normalized spacial score (nSPS) is 15.6. The van der Waals surface area contributed by atoms with E-state index in [0.717, 1.165) is 27.1 Å². The average molecular weight is 356 g/mol. The summed E-state index contributed by atoms with van der Waals surface area (Å²) in [6, 6.07) is 0. The molecule has 3 rings (SSSR count). The maximum atomic E-state index is 5.85. The van der Waals surface area contributed by atoms with Crippen LogP contribution in [0.2, 0.25) is 0 Å². The van der Waals surface area contributed by atoms with Crippen molar-refractivity contribution < 1.29 is 4.74 Å². The molecule has 0 amide bonds. The molecule has 2 aromatic heterocycles. The van der Waals surface area contributed by atoms with Crippen molar-refractivity contribution in [1.82, 2.24) is 15.0 Å². The SMILES string of the molecule is C/C=C\c1nc(NC)sc1/C=C/c1cnc(COC2CCCC2)nc1. The molecule has 0 unspecified atom stereocenters. The Balaban J connectivity index is 1.62. The van der Waals surface area contributed by atoms with Gasteiger partial charge in [-0.05, 0) is 31.9 Å². The minimum absolute atomic E-state index is 0.390. The number of thiazole rings is 1. The number of aromatic nitrogens is 3. The van der Waals surface area contributed by atoms with Gasteiger partial charge in [-0.2, -0.15) is 0 Å². The van der Waals surface area contributed by atoms with Gasteiger partial charge in [-0.1, -0.05) is 36.3 Å². The zero-order valence-electron chi connectivity index (χ0n) is 14.7. The third-order valence-electron chi connectivity index (χ3n) is 4.12. The molecular formula is C19H24N4OS. The summed E-state index contributed by atoms with van der Waals surface area (Å²) in [4.78, 5) is 14.4. The summed E-state index contributed by atoms with van der Waals surface area (Å²) in [5.74, 6) is 0.744. The monoisotopic (exact) mass is 356 g/mol. The summed E-state index contributed by atoms with van der Waals surface area (Å²) >= 11 is 1.62. The molecule has 25 heavy (non-hydrogen) atoms. The van der Waals surface area contributed by atoms with Gasteiger partial charge in [0.05, 0.1) is 16.7 Å². The fourth-order valence-electron chi connectivity index (χ4n) is 2.79. The molecule has 1 N–H and O–H groups in total. The number of rotatable bonds is 7. The second kappa shape index (κ2) is 8.87. The summed E-state index contributed by atoms with van der Waals surface area (Å²) in [7, 11) is 1.88. The van der Waals surface area contributed by atoms with Crippen LogP contribution in [0.25, 0.3) is 18.2 Å². The lowest BCUT2D eigenvalue weighted by molar-refractivity contribution is 0.0417. The molecule has 2 aromatic rings. The highest BCUT2D eigenvalue weighted by Crippen LogP contribution is 2.26. The topological polar surface area (TPSA) is 59.9 Å². The Hall–Kier alpha value is -2.05. The van der Waals surface area contributed by atoms with E-state index in [1.807, 2.05) is 44.6 Å². The highest BCUT2D eigenvalue weighted by atomic mass is 32.1. The summed E-state index contributed by atoms with van der Waals surface area (Å²) in [5, 5.41) is 4.00. The van der Waals surface area contributed by atoms with E-state index in [2.05, 4.69) is 26.3 Å². The van der Waals surface area contributed by atoms with Crippen LogP contribution in [0, 0.1) is 0 Å². The fourth-order valence-corrected chi connectivity index (χ4v) is 3.60. The lowest BCUT2D eigenvalue weighted by atomic mass is 10.2. The van der Waals surface area contributed by atoms with E-state index < -0.39 is 0 Å². The van der Waals surface area contributed by atoms with Gasteiger partial charge in [-0.15, -0.1) is 0 Å². The summed E-state index contributed by atoms with van der Waals surface area (Å²) < 4.78 is 5.85. The van der Waals surface area contributed by atoms with Crippen molar-refractivity contribution >= 4 is 34.7 Å². The van der Waals surface area contributed by atoms with Crippen LogP contribution in [-0.4, -0.2) is 28.1 Å². The Morgan fingerprint density at radius 1 is 1.20 bits per heavy atom. The van der Waals surface area contributed by atoms with Gasteiger partial charge >= 0.3 is 0 Å². The third kappa shape index (κ3) is 4.96. The van der Waals surface area contributed by atoms with Crippen LogP contribution in [0.15, 0.2) is 18.5 Å².